The van der Waals surface area contributed by atoms with E-state index in [1.165, 1.54) is 0 Å². The van der Waals surface area contributed by atoms with Crippen LogP contribution in [0.15, 0.2) is 35.3 Å². The maximum absolute atomic E-state index is 11.5. The number of thiocarbonyl (C=S) groups is 1. The van der Waals surface area contributed by atoms with Crippen LogP contribution in [-0.2, 0) is 0 Å². The maximum atomic E-state index is 11.5. The van der Waals surface area contributed by atoms with E-state index in [0.717, 1.165) is 29.9 Å². The highest BCUT2D eigenvalue weighted by Crippen LogP contribution is 2.30. The number of aryl methyl sites for hydroxylation is 2. The van der Waals surface area contributed by atoms with Gasteiger partial charge in [-0.2, -0.15) is 0 Å². The molecular formula is C25H35N7OS. The van der Waals surface area contributed by atoms with E-state index in [1.807, 2.05) is 32.0 Å². The fourth-order valence-electron chi connectivity index (χ4n) is 4.58. The van der Waals surface area contributed by atoms with Gasteiger partial charge in [-0.25, -0.2) is 15.0 Å². The molecule has 2 heterocycles. The second-order valence-corrected chi connectivity index (χ2v) is 10.7. The van der Waals surface area contributed by atoms with Crippen molar-refractivity contribution < 1.29 is 4.79 Å². The molecule has 4 N–H and O–H groups in total. The smallest absolute Gasteiger partial charge is 0.229 e. The van der Waals surface area contributed by atoms with E-state index in [0.29, 0.717) is 22.6 Å². The van der Waals surface area contributed by atoms with Crippen molar-refractivity contribution in [2.75, 3.05) is 10.6 Å². The molecule has 34 heavy (non-hydrogen) atoms. The standard InChI is InChI=1S/C25H35N7OS/c1-15-12-16(2)27-21(26-15)30-22(28-20-13-24(4,5)32-25(6,7)14-20)31-23(34)29-19-10-8-18(9-11-19)17(3)33/h8-12,20,32H,13-14H2,1-7H3,(H3,26,27,28,29,30,31,34). The number of aromatic nitrogens is 2. The van der Waals surface area contributed by atoms with E-state index in [-0.39, 0.29) is 22.9 Å². The molecule has 1 aliphatic heterocycles. The normalized spacial score (nSPS) is 17.7. The molecule has 8 nitrogen and oxygen atoms in total. The molecule has 0 radical (unpaired) electrons. The molecular weight excluding hydrogens is 446 g/mol. The van der Waals surface area contributed by atoms with Gasteiger partial charge in [0.1, 0.15) is 0 Å². The van der Waals surface area contributed by atoms with Crippen LogP contribution in [0.5, 0.6) is 0 Å². The number of ketones is 1. The first-order valence-electron chi connectivity index (χ1n) is 11.5. The van der Waals surface area contributed by atoms with Gasteiger partial charge in [0, 0.05) is 33.7 Å². The van der Waals surface area contributed by atoms with Crippen LogP contribution in [0.4, 0.5) is 11.6 Å². The van der Waals surface area contributed by atoms with E-state index in [1.54, 1.807) is 19.1 Å². The largest absolute Gasteiger partial charge is 0.332 e. The second-order valence-electron chi connectivity index (χ2n) is 10.2. The number of benzene rings is 1. The van der Waals surface area contributed by atoms with Crippen LogP contribution in [-0.4, -0.2) is 43.9 Å². The Morgan fingerprint density at radius 1 is 1.03 bits per heavy atom. The summed E-state index contributed by atoms with van der Waals surface area (Å²) in [5, 5.41) is 13.6. The summed E-state index contributed by atoms with van der Waals surface area (Å²) in [6.45, 7) is 14.2. The Kier molecular flexibility index (Phi) is 7.67. The van der Waals surface area contributed by atoms with Crippen molar-refractivity contribution in [1.29, 1.82) is 0 Å². The topological polar surface area (TPSA) is 103 Å². The number of nitrogens with zero attached hydrogens (tertiary/aromatic N) is 3. The molecule has 182 valence electrons. The molecule has 1 aromatic carbocycles. The van der Waals surface area contributed by atoms with Crippen LogP contribution in [0.25, 0.3) is 0 Å². The average Bonchev–Trinajstić information content (AvgIpc) is 2.64. The number of guanidine groups is 1. The highest BCUT2D eigenvalue weighted by molar-refractivity contribution is 7.80. The number of anilines is 2. The summed E-state index contributed by atoms with van der Waals surface area (Å²) in [5.41, 5.74) is 3.06. The predicted octanol–water partition coefficient (Wildman–Crippen LogP) is 4.36. The quantitative estimate of drug-likeness (QED) is 0.221. The monoisotopic (exact) mass is 481 g/mol. The summed E-state index contributed by atoms with van der Waals surface area (Å²) in [6, 6.07) is 9.17. The molecule has 0 atom stereocenters. The summed E-state index contributed by atoms with van der Waals surface area (Å²) in [6.07, 6.45) is 1.76. The number of carbonyl (C=O) groups is 1. The first-order valence-corrected chi connectivity index (χ1v) is 11.9. The number of hydrogen-bond acceptors (Lipinski definition) is 6. The number of piperidine rings is 1. The van der Waals surface area contributed by atoms with Crippen LogP contribution in [0.2, 0.25) is 0 Å². The summed E-state index contributed by atoms with van der Waals surface area (Å²) in [4.78, 5) is 25.5. The van der Waals surface area contributed by atoms with Gasteiger partial charge in [0.25, 0.3) is 0 Å². The molecule has 0 aliphatic carbocycles. The Morgan fingerprint density at radius 2 is 1.59 bits per heavy atom. The van der Waals surface area contributed by atoms with Gasteiger partial charge in [0.2, 0.25) is 11.9 Å². The van der Waals surface area contributed by atoms with E-state index in [4.69, 9.17) is 17.2 Å². The van der Waals surface area contributed by atoms with Crippen molar-refractivity contribution in [3.05, 3.63) is 47.3 Å². The Labute approximate surface area is 207 Å². The lowest BCUT2D eigenvalue weighted by Gasteiger charge is -2.45. The molecule has 1 aromatic heterocycles. The molecule has 1 aliphatic rings. The van der Waals surface area contributed by atoms with E-state index in [9.17, 15) is 4.79 Å². The first kappa shape index (κ1) is 25.7. The zero-order valence-corrected chi connectivity index (χ0v) is 21.9. The number of carbonyl (C=O) groups excluding carboxylic acids is 1. The summed E-state index contributed by atoms with van der Waals surface area (Å²) < 4.78 is 0. The molecule has 0 amide bonds. The minimum Gasteiger partial charge on any atom is -0.332 e. The summed E-state index contributed by atoms with van der Waals surface area (Å²) >= 11 is 5.56. The first-order chi connectivity index (χ1) is 15.8. The van der Waals surface area contributed by atoms with Gasteiger partial charge in [0.05, 0.1) is 6.04 Å². The van der Waals surface area contributed by atoms with Crippen LogP contribution >= 0.6 is 12.2 Å². The third kappa shape index (κ3) is 7.56. The van der Waals surface area contributed by atoms with E-state index >= 15 is 0 Å². The third-order valence-corrected chi connectivity index (χ3v) is 5.68. The van der Waals surface area contributed by atoms with E-state index in [2.05, 4.69) is 58.9 Å². The Morgan fingerprint density at radius 3 is 2.12 bits per heavy atom. The molecule has 0 unspecified atom stereocenters. The average molecular weight is 482 g/mol. The van der Waals surface area contributed by atoms with Crippen LogP contribution < -0.4 is 21.3 Å². The van der Waals surface area contributed by atoms with Crippen LogP contribution in [0, 0.1) is 13.8 Å². The molecule has 9 heteroatoms. The molecule has 0 spiro atoms. The van der Waals surface area contributed by atoms with Gasteiger partial charge in [-0.15, -0.1) is 0 Å². The van der Waals surface area contributed by atoms with Crippen molar-refractivity contribution >= 4 is 40.7 Å². The lowest BCUT2D eigenvalue weighted by Crippen LogP contribution is -2.59. The number of rotatable bonds is 4. The zero-order valence-electron chi connectivity index (χ0n) is 21.0. The third-order valence-electron chi connectivity index (χ3n) is 5.47. The number of hydrogen-bond donors (Lipinski definition) is 4. The van der Waals surface area contributed by atoms with Crippen LogP contribution in [0.1, 0.15) is 69.2 Å². The lowest BCUT2D eigenvalue weighted by atomic mass is 9.80. The summed E-state index contributed by atoms with van der Waals surface area (Å²) in [5.74, 6) is 0.971. The summed E-state index contributed by atoms with van der Waals surface area (Å²) in [7, 11) is 0. The zero-order chi connectivity index (χ0) is 25.1. The van der Waals surface area contributed by atoms with Gasteiger partial charge in [-0.1, -0.05) is 0 Å². The van der Waals surface area contributed by atoms with Crippen molar-refractivity contribution in [2.24, 2.45) is 4.99 Å². The van der Waals surface area contributed by atoms with Crippen LogP contribution in [0.3, 0.4) is 0 Å². The van der Waals surface area contributed by atoms with Crippen molar-refractivity contribution in [3.8, 4) is 0 Å². The fourth-order valence-corrected chi connectivity index (χ4v) is 4.80. The minimum absolute atomic E-state index is 0.0205. The highest BCUT2D eigenvalue weighted by Gasteiger charge is 2.37. The Hall–Kier alpha value is -2.91. The molecule has 3 rings (SSSR count). The van der Waals surface area contributed by atoms with Gasteiger partial charge in [0.15, 0.2) is 10.9 Å². The highest BCUT2D eigenvalue weighted by atomic mass is 32.1. The number of nitrogens with one attached hydrogen (secondary N) is 4. The Balaban J connectivity index is 1.82. The van der Waals surface area contributed by atoms with Gasteiger partial charge in [-0.05, 0) is 104 Å². The minimum atomic E-state index is -0.0470. The van der Waals surface area contributed by atoms with Gasteiger partial charge >= 0.3 is 0 Å². The molecule has 1 fully saturated rings. The second kappa shape index (κ2) is 10.1. The predicted molar refractivity (Wildman–Crippen MR) is 143 cm³/mol. The number of aliphatic imine (C=N–C) groups is 1. The molecule has 0 saturated carbocycles. The lowest BCUT2D eigenvalue weighted by molar-refractivity contribution is 0.101. The molecule has 1 saturated heterocycles. The van der Waals surface area contributed by atoms with E-state index < -0.39 is 0 Å². The fraction of sp³-hybridized carbons (Fsp3) is 0.480. The molecule has 2 aromatic rings. The SMILES string of the molecule is CC(=O)c1ccc(NC(=S)NC(=NC2CC(C)(C)NC(C)(C)C2)Nc2nc(C)cc(C)n2)cc1. The molecule has 0 bridgehead atoms. The van der Waals surface area contributed by atoms with Gasteiger partial charge in [-0.3, -0.25) is 10.1 Å². The van der Waals surface area contributed by atoms with Gasteiger partial charge < -0.3 is 16.0 Å². The Bertz CT molecular complexity index is 1060. The number of Topliss-reactive ketones (excluding diaryl/α,β-unsaturated/α-hetero) is 1. The maximum Gasteiger partial charge on any atom is 0.229 e. The van der Waals surface area contributed by atoms with Crippen molar-refractivity contribution in [2.45, 2.75) is 78.4 Å². The van der Waals surface area contributed by atoms with Crippen molar-refractivity contribution in [3.63, 3.8) is 0 Å². The van der Waals surface area contributed by atoms with Crippen molar-refractivity contribution in [1.82, 2.24) is 20.6 Å².